The molecule has 0 unspecified atom stereocenters. The smallest absolute Gasteiger partial charge is 0.142 e. The SMILES string of the molecule is N[C@@H](c1ccc(Cl)c(F)c1)[C@H](O)Cc1ccccc1. The summed E-state index contributed by atoms with van der Waals surface area (Å²) in [5.74, 6) is -0.526. The van der Waals surface area contributed by atoms with Crippen molar-refractivity contribution in [3.63, 3.8) is 0 Å². The third-order valence-electron chi connectivity index (χ3n) is 3.03. The van der Waals surface area contributed by atoms with Crippen LogP contribution < -0.4 is 5.73 Å². The van der Waals surface area contributed by atoms with Crippen LogP contribution in [0.15, 0.2) is 48.5 Å². The van der Waals surface area contributed by atoms with Crippen LogP contribution in [0.5, 0.6) is 0 Å². The minimum absolute atomic E-state index is 0.0495. The first kappa shape index (κ1) is 14.0. The summed E-state index contributed by atoms with van der Waals surface area (Å²) in [5, 5.41) is 10.2. The molecule has 100 valence electrons. The largest absolute Gasteiger partial charge is 0.391 e. The number of aliphatic hydroxyl groups excluding tert-OH is 1. The summed E-state index contributed by atoms with van der Waals surface area (Å²) < 4.78 is 13.4. The third-order valence-corrected chi connectivity index (χ3v) is 3.34. The van der Waals surface area contributed by atoms with Gasteiger partial charge in [0.25, 0.3) is 0 Å². The molecule has 0 heterocycles. The fourth-order valence-corrected chi connectivity index (χ4v) is 2.04. The lowest BCUT2D eigenvalue weighted by atomic mass is 9.97. The van der Waals surface area contributed by atoms with Crippen molar-refractivity contribution in [2.75, 3.05) is 0 Å². The van der Waals surface area contributed by atoms with E-state index in [1.165, 1.54) is 12.1 Å². The minimum atomic E-state index is -0.775. The molecule has 0 radical (unpaired) electrons. The molecule has 0 aliphatic rings. The highest BCUT2D eigenvalue weighted by molar-refractivity contribution is 6.30. The number of hydrogen-bond donors (Lipinski definition) is 2. The van der Waals surface area contributed by atoms with Crippen LogP contribution in [0.1, 0.15) is 17.2 Å². The van der Waals surface area contributed by atoms with E-state index in [1.807, 2.05) is 30.3 Å². The Hall–Kier alpha value is -1.42. The molecule has 4 heteroatoms. The predicted octanol–water partition coefficient (Wildman–Crippen LogP) is 3.08. The fourth-order valence-electron chi connectivity index (χ4n) is 1.92. The van der Waals surface area contributed by atoms with E-state index in [2.05, 4.69) is 0 Å². The Morgan fingerprint density at radius 2 is 1.84 bits per heavy atom. The molecule has 19 heavy (non-hydrogen) atoms. The van der Waals surface area contributed by atoms with Gasteiger partial charge in [-0.15, -0.1) is 0 Å². The van der Waals surface area contributed by atoms with Gasteiger partial charge in [-0.05, 0) is 23.3 Å². The van der Waals surface area contributed by atoms with Crippen LogP contribution in [-0.4, -0.2) is 11.2 Å². The second-order valence-electron chi connectivity index (χ2n) is 4.46. The third kappa shape index (κ3) is 3.53. The molecule has 0 saturated heterocycles. The molecule has 0 fully saturated rings. The van der Waals surface area contributed by atoms with Crippen molar-refractivity contribution in [3.05, 3.63) is 70.5 Å². The van der Waals surface area contributed by atoms with Crippen LogP contribution in [-0.2, 0) is 6.42 Å². The van der Waals surface area contributed by atoms with E-state index in [1.54, 1.807) is 6.07 Å². The summed E-state index contributed by atoms with van der Waals surface area (Å²) in [6, 6.07) is 13.2. The molecule has 0 amide bonds. The lowest BCUT2D eigenvalue weighted by Gasteiger charge is -2.19. The van der Waals surface area contributed by atoms with Crippen molar-refractivity contribution in [3.8, 4) is 0 Å². The first-order chi connectivity index (χ1) is 9.08. The Kier molecular flexibility index (Phi) is 4.53. The summed E-state index contributed by atoms with van der Waals surface area (Å²) in [5.41, 5.74) is 7.46. The maximum atomic E-state index is 13.4. The maximum absolute atomic E-state index is 13.4. The van der Waals surface area contributed by atoms with Gasteiger partial charge in [0, 0.05) is 6.42 Å². The molecule has 0 aliphatic carbocycles. The van der Waals surface area contributed by atoms with Crippen molar-refractivity contribution in [2.45, 2.75) is 18.6 Å². The van der Waals surface area contributed by atoms with Crippen LogP contribution in [0.4, 0.5) is 4.39 Å². The average molecular weight is 280 g/mol. The number of nitrogens with two attached hydrogens (primary N) is 1. The Labute approximate surface area is 116 Å². The lowest BCUT2D eigenvalue weighted by Crippen LogP contribution is -2.28. The molecular formula is C15H15ClFNO. The van der Waals surface area contributed by atoms with Crippen molar-refractivity contribution in [1.82, 2.24) is 0 Å². The topological polar surface area (TPSA) is 46.2 Å². The Morgan fingerprint density at radius 3 is 2.47 bits per heavy atom. The molecule has 0 bridgehead atoms. The molecule has 0 aromatic heterocycles. The van der Waals surface area contributed by atoms with Crippen LogP contribution in [0.25, 0.3) is 0 Å². The summed E-state index contributed by atoms with van der Waals surface area (Å²) in [6.45, 7) is 0. The Bertz CT molecular complexity index is 547. The van der Waals surface area contributed by atoms with Crippen molar-refractivity contribution < 1.29 is 9.50 Å². The van der Waals surface area contributed by atoms with E-state index >= 15 is 0 Å². The summed E-state index contributed by atoms with van der Waals surface area (Å²) in [7, 11) is 0. The highest BCUT2D eigenvalue weighted by atomic mass is 35.5. The number of rotatable bonds is 4. The predicted molar refractivity (Wildman–Crippen MR) is 74.5 cm³/mol. The molecule has 2 rings (SSSR count). The molecule has 3 N–H and O–H groups in total. The highest BCUT2D eigenvalue weighted by Gasteiger charge is 2.18. The zero-order valence-electron chi connectivity index (χ0n) is 10.3. The number of hydrogen-bond acceptors (Lipinski definition) is 2. The van der Waals surface area contributed by atoms with E-state index in [9.17, 15) is 9.50 Å². The average Bonchev–Trinajstić information content (AvgIpc) is 2.42. The zero-order valence-corrected chi connectivity index (χ0v) is 11.0. The van der Waals surface area contributed by atoms with Gasteiger partial charge in [0.15, 0.2) is 0 Å². The van der Waals surface area contributed by atoms with E-state index in [0.717, 1.165) is 5.56 Å². The van der Waals surface area contributed by atoms with E-state index < -0.39 is 18.0 Å². The Balaban J connectivity index is 2.10. The highest BCUT2D eigenvalue weighted by Crippen LogP contribution is 2.22. The molecule has 0 aliphatic heterocycles. The van der Waals surface area contributed by atoms with Crippen LogP contribution in [0.3, 0.4) is 0 Å². The van der Waals surface area contributed by atoms with Crippen molar-refractivity contribution in [2.24, 2.45) is 5.73 Å². The van der Waals surface area contributed by atoms with Crippen LogP contribution in [0, 0.1) is 5.82 Å². The first-order valence-electron chi connectivity index (χ1n) is 6.00. The summed E-state index contributed by atoms with van der Waals surface area (Å²) >= 11 is 5.62. The molecule has 2 nitrogen and oxygen atoms in total. The lowest BCUT2D eigenvalue weighted by molar-refractivity contribution is 0.145. The van der Waals surface area contributed by atoms with Gasteiger partial charge >= 0.3 is 0 Å². The minimum Gasteiger partial charge on any atom is -0.391 e. The molecule has 2 atom stereocenters. The van der Waals surface area contributed by atoms with Gasteiger partial charge in [-0.1, -0.05) is 48.0 Å². The van der Waals surface area contributed by atoms with Crippen molar-refractivity contribution in [1.29, 1.82) is 0 Å². The number of benzene rings is 2. The quantitative estimate of drug-likeness (QED) is 0.903. The molecule has 0 saturated carbocycles. The van der Waals surface area contributed by atoms with Gasteiger partial charge in [0.05, 0.1) is 17.2 Å². The second kappa shape index (κ2) is 6.15. The molecule has 0 spiro atoms. The van der Waals surface area contributed by atoms with Crippen molar-refractivity contribution >= 4 is 11.6 Å². The van der Waals surface area contributed by atoms with E-state index in [0.29, 0.717) is 12.0 Å². The number of aliphatic hydroxyl groups is 1. The zero-order chi connectivity index (χ0) is 13.8. The maximum Gasteiger partial charge on any atom is 0.142 e. The van der Waals surface area contributed by atoms with Gasteiger partial charge in [-0.3, -0.25) is 0 Å². The summed E-state index contributed by atoms with van der Waals surface area (Å²) in [4.78, 5) is 0. The fraction of sp³-hybridized carbons (Fsp3) is 0.200. The van der Waals surface area contributed by atoms with Gasteiger partial charge in [0.2, 0.25) is 0 Å². The Morgan fingerprint density at radius 1 is 1.16 bits per heavy atom. The van der Waals surface area contributed by atoms with Gasteiger partial charge in [-0.25, -0.2) is 4.39 Å². The second-order valence-corrected chi connectivity index (χ2v) is 4.86. The van der Waals surface area contributed by atoms with Gasteiger partial charge in [-0.2, -0.15) is 0 Å². The first-order valence-corrected chi connectivity index (χ1v) is 6.38. The van der Waals surface area contributed by atoms with Gasteiger partial charge in [0.1, 0.15) is 5.82 Å². The van der Waals surface area contributed by atoms with E-state index in [-0.39, 0.29) is 5.02 Å². The van der Waals surface area contributed by atoms with E-state index in [4.69, 9.17) is 17.3 Å². The molecule has 2 aromatic carbocycles. The monoisotopic (exact) mass is 279 g/mol. The van der Waals surface area contributed by atoms with Crippen LogP contribution in [0.2, 0.25) is 5.02 Å². The van der Waals surface area contributed by atoms with Gasteiger partial charge < -0.3 is 10.8 Å². The normalized spacial score (nSPS) is 14.1. The molecular weight excluding hydrogens is 265 g/mol. The number of halogens is 2. The molecule has 2 aromatic rings. The van der Waals surface area contributed by atoms with Crippen LogP contribution >= 0.6 is 11.6 Å². The standard InChI is InChI=1S/C15H15ClFNO/c16-12-7-6-11(9-13(12)17)15(18)14(19)8-10-4-2-1-3-5-10/h1-7,9,14-15,19H,8,18H2/t14-,15+/m1/s1. The summed E-state index contributed by atoms with van der Waals surface area (Å²) in [6.07, 6.45) is -0.352.